The highest BCUT2D eigenvalue weighted by molar-refractivity contribution is 5.90. The molecule has 0 spiro atoms. The van der Waals surface area contributed by atoms with E-state index in [9.17, 15) is 9.59 Å². The van der Waals surface area contributed by atoms with Gasteiger partial charge in [-0.3, -0.25) is 14.6 Å². The minimum Gasteiger partial charge on any atom is -0.325 e. The van der Waals surface area contributed by atoms with Crippen LogP contribution in [0.4, 0.5) is 5.69 Å². The molecule has 26 heavy (non-hydrogen) atoms. The molecule has 1 N–H and O–H groups in total. The van der Waals surface area contributed by atoms with Gasteiger partial charge >= 0.3 is 0 Å². The molecule has 0 fully saturated rings. The molecule has 0 bridgehead atoms. The van der Waals surface area contributed by atoms with Gasteiger partial charge in [0.15, 0.2) is 0 Å². The second kappa shape index (κ2) is 8.25. The molecular formula is C21H21N3O2. The van der Waals surface area contributed by atoms with E-state index in [0.29, 0.717) is 6.42 Å². The molecule has 132 valence electrons. The maximum atomic E-state index is 11.9. The van der Waals surface area contributed by atoms with Crippen LogP contribution < -0.4 is 10.9 Å². The summed E-state index contributed by atoms with van der Waals surface area (Å²) in [5.41, 5.74) is 3.97. The van der Waals surface area contributed by atoms with E-state index < -0.39 is 0 Å². The van der Waals surface area contributed by atoms with Gasteiger partial charge in [-0.05, 0) is 47.7 Å². The number of carbonyl (C=O) groups excluding carboxylic acids is 1. The van der Waals surface area contributed by atoms with Gasteiger partial charge in [0.1, 0.15) is 0 Å². The van der Waals surface area contributed by atoms with Crippen LogP contribution in [0.1, 0.15) is 18.4 Å². The highest BCUT2D eigenvalue weighted by atomic mass is 16.1. The molecule has 5 nitrogen and oxygen atoms in total. The van der Waals surface area contributed by atoms with Crippen LogP contribution in [0.3, 0.4) is 0 Å². The molecule has 0 aliphatic carbocycles. The van der Waals surface area contributed by atoms with Gasteiger partial charge in [0.25, 0.3) is 0 Å². The Morgan fingerprint density at radius 3 is 2.54 bits per heavy atom. The summed E-state index contributed by atoms with van der Waals surface area (Å²) in [6.07, 6.45) is 7.24. The Labute approximate surface area is 152 Å². The van der Waals surface area contributed by atoms with Crippen LogP contribution in [0.15, 0.2) is 71.9 Å². The highest BCUT2D eigenvalue weighted by Gasteiger charge is 2.04. The fourth-order valence-corrected chi connectivity index (χ4v) is 2.74. The lowest BCUT2D eigenvalue weighted by molar-refractivity contribution is -0.116. The van der Waals surface area contributed by atoms with Crippen molar-refractivity contribution in [2.75, 3.05) is 5.32 Å². The maximum absolute atomic E-state index is 11.9. The van der Waals surface area contributed by atoms with Crippen molar-refractivity contribution < 1.29 is 4.79 Å². The van der Waals surface area contributed by atoms with Crippen molar-refractivity contribution >= 4 is 11.6 Å². The number of rotatable bonds is 6. The van der Waals surface area contributed by atoms with E-state index in [2.05, 4.69) is 22.4 Å². The van der Waals surface area contributed by atoms with Crippen LogP contribution in [0, 0.1) is 0 Å². The molecule has 0 saturated heterocycles. The van der Waals surface area contributed by atoms with E-state index in [1.54, 1.807) is 36.1 Å². The van der Waals surface area contributed by atoms with Crippen LogP contribution in [0.5, 0.6) is 0 Å². The lowest BCUT2D eigenvalue weighted by Crippen LogP contribution is -2.13. The SMILES string of the molecule is Cn1cc(-c2ccc(CCCC(=O)Nc3cccnc3)cc2)ccc1=O. The summed E-state index contributed by atoms with van der Waals surface area (Å²) < 4.78 is 1.57. The molecule has 3 rings (SSSR count). The Morgan fingerprint density at radius 2 is 1.85 bits per heavy atom. The summed E-state index contributed by atoms with van der Waals surface area (Å²) in [4.78, 5) is 27.4. The Hall–Kier alpha value is -3.21. The van der Waals surface area contributed by atoms with E-state index >= 15 is 0 Å². The first-order valence-corrected chi connectivity index (χ1v) is 8.58. The first-order chi connectivity index (χ1) is 12.6. The molecule has 3 aromatic rings. The molecule has 2 aromatic heterocycles. The smallest absolute Gasteiger partial charge is 0.250 e. The zero-order valence-electron chi connectivity index (χ0n) is 14.7. The largest absolute Gasteiger partial charge is 0.325 e. The average Bonchev–Trinajstić information content (AvgIpc) is 2.65. The number of hydrogen-bond donors (Lipinski definition) is 1. The first kappa shape index (κ1) is 17.6. The summed E-state index contributed by atoms with van der Waals surface area (Å²) in [6, 6.07) is 15.3. The van der Waals surface area contributed by atoms with Crippen molar-refractivity contribution in [1.82, 2.24) is 9.55 Å². The fourth-order valence-electron chi connectivity index (χ4n) is 2.74. The quantitative estimate of drug-likeness (QED) is 0.743. The molecular weight excluding hydrogens is 326 g/mol. The molecule has 0 aliphatic rings. The monoisotopic (exact) mass is 347 g/mol. The number of nitrogens with zero attached hydrogens (tertiary/aromatic N) is 2. The molecule has 1 amide bonds. The molecule has 2 heterocycles. The predicted octanol–water partition coefficient (Wildman–Crippen LogP) is 3.41. The number of carbonyl (C=O) groups is 1. The maximum Gasteiger partial charge on any atom is 0.250 e. The lowest BCUT2D eigenvalue weighted by atomic mass is 10.0. The van der Waals surface area contributed by atoms with Crippen molar-refractivity contribution in [2.45, 2.75) is 19.3 Å². The molecule has 5 heteroatoms. The summed E-state index contributed by atoms with van der Waals surface area (Å²) >= 11 is 0. The van der Waals surface area contributed by atoms with Gasteiger partial charge in [-0.1, -0.05) is 24.3 Å². The summed E-state index contributed by atoms with van der Waals surface area (Å²) in [6.45, 7) is 0. The van der Waals surface area contributed by atoms with Gasteiger partial charge in [0.05, 0.1) is 11.9 Å². The van der Waals surface area contributed by atoms with Crippen molar-refractivity contribution in [3.63, 3.8) is 0 Å². The summed E-state index contributed by atoms with van der Waals surface area (Å²) in [5.74, 6) is -0.000164. The third-order valence-corrected chi connectivity index (χ3v) is 4.19. The normalized spacial score (nSPS) is 10.5. The Morgan fingerprint density at radius 1 is 1.08 bits per heavy atom. The van der Waals surface area contributed by atoms with E-state index in [1.807, 2.05) is 30.5 Å². The number of aryl methyl sites for hydroxylation is 2. The number of aromatic nitrogens is 2. The topological polar surface area (TPSA) is 64.0 Å². The average molecular weight is 347 g/mol. The number of hydrogen-bond acceptors (Lipinski definition) is 3. The molecule has 0 radical (unpaired) electrons. The van der Waals surface area contributed by atoms with Crippen LogP contribution >= 0.6 is 0 Å². The standard InChI is InChI=1S/C21H21N3O2/c1-24-15-18(11-12-21(24)26)17-9-7-16(8-10-17)4-2-6-20(25)23-19-5-3-13-22-14-19/h3,5,7-15H,2,4,6H2,1H3,(H,23,25). The molecule has 0 atom stereocenters. The predicted molar refractivity (Wildman–Crippen MR) is 103 cm³/mol. The number of anilines is 1. The molecule has 0 saturated carbocycles. The van der Waals surface area contributed by atoms with Gasteiger partial charge in [-0.15, -0.1) is 0 Å². The Balaban J connectivity index is 1.52. The van der Waals surface area contributed by atoms with E-state index in [4.69, 9.17) is 0 Å². The zero-order valence-corrected chi connectivity index (χ0v) is 14.7. The van der Waals surface area contributed by atoms with Gasteiger partial charge in [-0.2, -0.15) is 0 Å². The van der Waals surface area contributed by atoms with Crippen molar-refractivity contribution in [3.8, 4) is 11.1 Å². The van der Waals surface area contributed by atoms with Crippen LogP contribution in [0.2, 0.25) is 0 Å². The Bertz CT molecular complexity index is 931. The number of nitrogens with one attached hydrogen (secondary N) is 1. The highest BCUT2D eigenvalue weighted by Crippen LogP contribution is 2.19. The number of amides is 1. The van der Waals surface area contributed by atoms with Gasteiger partial charge < -0.3 is 9.88 Å². The van der Waals surface area contributed by atoms with E-state index in [1.165, 1.54) is 5.56 Å². The van der Waals surface area contributed by atoms with Crippen molar-refractivity contribution in [1.29, 1.82) is 0 Å². The van der Waals surface area contributed by atoms with E-state index in [0.717, 1.165) is 29.7 Å². The molecule has 1 aromatic carbocycles. The summed E-state index contributed by atoms with van der Waals surface area (Å²) in [7, 11) is 1.75. The second-order valence-corrected chi connectivity index (χ2v) is 6.21. The van der Waals surface area contributed by atoms with Crippen LogP contribution in [-0.4, -0.2) is 15.5 Å². The van der Waals surface area contributed by atoms with Crippen molar-refractivity contribution in [3.05, 3.63) is 83.0 Å². The van der Waals surface area contributed by atoms with Crippen molar-refractivity contribution in [2.24, 2.45) is 7.05 Å². The van der Waals surface area contributed by atoms with E-state index in [-0.39, 0.29) is 11.5 Å². The minimum absolute atomic E-state index is 0.000164. The zero-order chi connectivity index (χ0) is 18.4. The van der Waals surface area contributed by atoms with Crippen LogP contribution in [0.25, 0.3) is 11.1 Å². The first-order valence-electron chi connectivity index (χ1n) is 8.58. The van der Waals surface area contributed by atoms with Crippen LogP contribution in [-0.2, 0) is 18.3 Å². The molecule has 0 aliphatic heterocycles. The molecule has 0 unspecified atom stereocenters. The second-order valence-electron chi connectivity index (χ2n) is 6.21. The van der Waals surface area contributed by atoms with Gasteiger partial charge in [0.2, 0.25) is 11.5 Å². The number of pyridine rings is 2. The summed E-state index contributed by atoms with van der Waals surface area (Å²) in [5, 5.41) is 2.84. The third kappa shape index (κ3) is 4.66. The Kier molecular flexibility index (Phi) is 5.59. The number of benzene rings is 1. The lowest BCUT2D eigenvalue weighted by Gasteiger charge is -2.07. The van der Waals surface area contributed by atoms with Gasteiger partial charge in [0, 0.05) is 31.9 Å². The third-order valence-electron chi connectivity index (χ3n) is 4.19. The minimum atomic E-state index is -0.0186. The van der Waals surface area contributed by atoms with Gasteiger partial charge in [-0.25, -0.2) is 0 Å². The fraction of sp³-hybridized carbons (Fsp3) is 0.190.